The predicted molar refractivity (Wildman–Crippen MR) is 78.4 cm³/mol. The van der Waals surface area contributed by atoms with Crippen molar-refractivity contribution in [2.24, 2.45) is 0 Å². The Bertz CT molecular complexity index is 552. The largest absolute Gasteiger partial charge is 0.261 e. The highest BCUT2D eigenvalue weighted by Gasteiger charge is 2.25. The zero-order valence-corrected chi connectivity index (χ0v) is 13.2. The molecule has 0 saturated carbocycles. The van der Waals surface area contributed by atoms with Gasteiger partial charge in [0.15, 0.2) is 0 Å². The third-order valence-electron chi connectivity index (χ3n) is 2.91. The van der Waals surface area contributed by atoms with E-state index in [-0.39, 0.29) is 11.5 Å². The molecule has 0 bridgehead atoms. The molecule has 0 N–H and O–H groups in total. The van der Waals surface area contributed by atoms with Crippen molar-refractivity contribution in [1.82, 2.24) is 4.98 Å². The summed E-state index contributed by atoms with van der Waals surface area (Å²) in [7, 11) is 0. The number of nitrogens with zero attached hydrogens (tertiary/aromatic N) is 1. The van der Waals surface area contributed by atoms with Gasteiger partial charge in [-0.3, -0.25) is 4.98 Å². The normalized spacial score (nSPS) is 14.2. The molecule has 2 atom stereocenters. The van der Waals surface area contributed by atoms with Crippen molar-refractivity contribution in [3.8, 4) is 0 Å². The maximum atomic E-state index is 13.9. The SMILES string of the molecule is CC(c1ccccn1)C(Br)c1c(F)cc(Br)cc1F. The van der Waals surface area contributed by atoms with E-state index in [9.17, 15) is 8.78 Å². The first-order valence-electron chi connectivity index (χ1n) is 5.70. The summed E-state index contributed by atoms with van der Waals surface area (Å²) in [4.78, 5) is 3.74. The second kappa shape index (κ2) is 6.09. The molecule has 1 aromatic heterocycles. The molecular weight excluding hydrogens is 380 g/mol. The average molecular weight is 391 g/mol. The third-order valence-corrected chi connectivity index (χ3v) is 4.62. The number of halogens is 4. The zero-order chi connectivity index (χ0) is 14.0. The van der Waals surface area contributed by atoms with E-state index in [4.69, 9.17) is 0 Å². The van der Waals surface area contributed by atoms with E-state index in [1.165, 1.54) is 12.1 Å². The minimum Gasteiger partial charge on any atom is -0.261 e. The summed E-state index contributed by atoms with van der Waals surface area (Å²) in [5, 5.41) is 0. The van der Waals surface area contributed by atoms with E-state index in [0.29, 0.717) is 4.47 Å². The topological polar surface area (TPSA) is 12.9 Å². The van der Waals surface area contributed by atoms with E-state index >= 15 is 0 Å². The van der Waals surface area contributed by atoms with Crippen molar-refractivity contribution in [3.63, 3.8) is 0 Å². The Hall–Kier alpha value is -0.810. The van der Waals surface area contributed by atoms with Crippen molar-refractivity contribution in [2.75, 3.05) is 0 Å². The summed E-state index contributed by atoms with van der Waals surface area (Å²) >= 11 is 6.45. The highest BCUT2D eigenvalue weighted by atomic mass is 79.9. The van der Waals surface area contributed by atoms with Crippen LogP contribution in [-0.4, -0.2) is 4.98 Å². The lowest BCUT2D eigenvalue weighted by molar-refractivity contribution is 0.539. The molecule has 0 aliphatic rings. The molecule has 0 aliphatic carbocycles. The Morgan fingerprint density at radius 3 is 2.32 bits per heavy atom. The highest BCUT2D eigenvalue weighted by molar-refractivity contribution is 9.10. The van der Waals surface area contributed by atoms with Crippen LogP contribution in [0.2, 0.25) is 0 Å². The number of hydrogen-bond donors (Lipinski definition) is 0. The summed E-state index contributed by atoms with van der Waals surface area (Å²) in [6.07, 6.45) is 1.67. The van der Waals surface area contributed by atoms with Gasteiger partial charge < -0.3 is 0 Å². The fourth-order valence-corrected chi connectivity index (χ4v) is 2.97. The zero-order valence-electron chi connectivity index (χ0n) is 10.1. The van der Waals surface area contributed by atoms with Crippen LogP contribution < -0.4 is 0 Å². The molecule has 0 saturated heterocycles. The highest BCUT2D eigenvalue weighted by Crippen LogP contribution is 2.39. The van der Waals surface area contributed by atoms with E-state index < -0.39 is 16.5 Å². The summed E-state index contributed by atoms with van der Waals surface area (Å²) < 4.78 is 28.2. The van der Waals surface area contributed by atoms with Crippen LogP contribution >= 0.6 is 31.9 Å². The predicted octanol–water partition coefficient (Wildman–Crippen LogP) is 5.36. The van der Waals surface area contributed by atoms with Gasteiger partial charge in [0.1, 0.15) is 11.6 Å². The fourth-order valence-electron chi connectivity index (χ4n) is 1.86. The van der Waals surface area contributed by atoms with Gasteiger partial charge in [-0.1, -0.05) is 44.8 Å². The van der Waals surface area contributed by atoms with Gasteiger partial charge in [0.25, 0.3) is 0 Å². The summed E-state index contributed by atoms with van der Waals surface area (Å²) in [5.41, 5.74) is 0.812. The van der Waals surface area contributed by atoms with Crippen LogP contribution in [0.1, 0.15) is 28.9 Å². The monoisotopic (exact) mass is 389 g/mol. The molecule has 5 heteroatoms. The van der Waals surface area contributed by atoms with Crippen LogP contribution in [0, 0.1) is 11.6 Å². The molecule has 0 aliphatic heterocycles. The molecule has 19 heavy (non-hydrogen) atoms. The number of aromatic nitrogens is 1. The first-order valence-corrected chi connectivity index (χ1v) is 7.41. The molecule has 0 fully saturated rings. The molecular formula is C14H11Br2F2N. The van der Waals surface area contributed by atoms with Gasteiger partial charge in [-0.2, -0.15) is 0 Å². The number of benzene rings is 1. The second-order valence-corrected chi connectivity index (χ2v) is 6.13. The molecule has 1 aromatic carbocycles. The molecule has 100 valence electrons. The third kappa shape index (κ3) is 3.20. The minimum absolute atomic E-state index is 0.0290. The van der Waals surface area contributed by atoms with Gasteiger partial charge >= 0.3 is 0 Å². The number of pyridine rings is 1. The first-order chi connectivity index (χ1) is 9.00. The Balaban J connectivity index is 2.37. The quantitative estimate of drug-likeness (QED) is 0.642. The van der Waals surface area contributed by atoms with E-state index in [1.54, 1.807) is 12.3 Å². The fraction of sp³-hybridized carbons (Fsp3) is 0.214. The first kappa shape index (κ1) is 14.6. The van der Waals surface area contributed by atoms with E-state index in [2.05, 4.69) is 36.8 Å². The van der Waals surface area contributed by atoms with Gasteiger partial charge in [-0.25, -0.2) is 8.78 Å². The number of rotatable bonds is 3. The molecule has 1 nitrogen and oxygen atoms in total. The standard InChI is InChI=1S/C14H11Br2F2N/c1-8(12-4-2-3-5-19-12)14(16)13-10(17)6-9(15)7-11(13)18/h2-8,14H,1H3. The van der Waals surface area contributed by atoms with Crippen molar-refractivity contribution >= 4 is 31.9 Å². The van der Waals surface area contributed by atoms with Crippen molar-refractivity contribution < 1.29 is 8.78 Å². The van der Waals surface area contributed by atoms with Crippen molar-refractivity contribution in [1.29, 1.82) is 0 Å². The Morgan fingerprint density at radius 1 is 1.16 bits per heavy atom. The number of hydrogen-bond acceptors (Lipinski definition) is 1. The Labute approximate surface area is 127 Å². The summed E-state index contributed by atoms with van der Waals surface area (Å²) in [5.74, 6) is -1.29. The molecule has 0 amide bonds. The van der Waals surface area contributed by atoms with Gasteiger partial charge in [0.2, 0.25) is 0 Å². The van der Waals surface area contributed by atoms with E-state index in [0.717, 1.165) is 5.69 Å². The Kier molecular flexibility index (Phi) is 4.68. The van der Waals surface area contributed by atoms with Crippen LogP contribution in [0.3, 0.4) is 0 Å². The van der Waals surface area contributed by atoms with Crippen LogP contribution in [0.25, 0.3) is 0 Å². The van der Waals surface area contributed by atoms with Gasteiger partial charge in [0.05, 0.1) is 4.83 Å². The number of alkyl halides is 1. The molecule has 0 spiro atoms. The molecule has 2 rings (SSSR count). The van der Waals surface area contributed by atoms with Crippen LogP contribution in [-0.2, 0) is 0 Å². The molecule has 2 unspecified atom stereocenters. The average Bonchev–Trinajstić information content (AvgIpc) is 2.37. The maximum Gasteiger partial charge on any atom is 0.131 e. The maximum absolute atomic E-state index is 13.9. The summed E-state index contributed by atoms with van der Waals surface area (Å²) in [6, 6.07) is 8.02. The van der Waals surface area contributed by atoms with Crippen LogP contribution in [0.15, 0.2) is 41.0 Å². The van der Waals surface area contributed by atoms with Gasteiger partial charge in [-0.15, -0.1) is 0 Å². The molecule has 0 radical (unpaired) electrons. The Morgan fingerprint density at radius 2 is 1.79 bits per heavy atom. The van der Waals surface area contributed by atoms with Gasteiger partial charge in [-0.05, 0) is 24.3 Å². The lowest BCUT2D eigenvalue weighted by Gasteiger charge is -2.19. The lowest BCUT2D eigenvalue weighted by atomic mass is 9.96. The van der Waals surface area contributed by atoms with Crippen LogP contribution in [0.5, 0.6) is 0 Å². The smallest absolute Gasteiger partial charge is 0.131 e. The van der Waals surface area contributed by atoms with E-state index in [1.807, 2.05) is 19.1 Å². The molecule has 1 heterocycles. The van der Waals surface area contributed by atoms with Crippen molar-refractivity contribution in [2.45, 2.75) is 17.7 Å². The summed E-state index contributed by atoms with van der Waals surface area (Å²) in [6.45, 7) is 1.88. The van der Waals surface area contributed by atoms with Crippen LogP contribution in [0.4, 0.5) is 8.78 Å². The molecule has 2 aromatic rings. The minimum atomic E-state index is -0.573. The lowest BCUT2D eigenvalue weighted by Crippen LogP contribution is -2.08. The second-order valence-electron chi connectivity index (χ2n) is 4.23. The van der Waals surface area contributed by atoms with Crippen molar-refractivity contribution in [3.05, 3.63) is 63.9 Å². The van der Waals surface area contributed by atoms with Gasteiger partial charge in [0, 0.05) is 27.8 Å².